The van der Waals surface area contributed by atoms with Gasteiger partial charge in [-0.15, -0.1) is 12.4 Å². The van der Waals surface area contributed by atoms with Crippen molar-refractivity contribution in [3.05, 3.63) is 28.5 Å². The lowest BCUT2D eigenvalue weighted by Gasteiger charge is -2.07. The molecule has 0 aliphatic rings. The number of aromatic nitrogens is 1. The average Bonchev–Trinajstić information content (AvgIpc) is 2.03. The van der Waals surface area contributed by atoms with Crippen LogP contribution in [-0.4, -0.2) is 16.7 Å². The zero-order valence-corrected chi connectivity index (χ0v) is 8.68. The van der Waals surface area contributed by atoms with Crippen LogP contribution >= 0.6 is 28.3 Å². The Morgan fingerprint density at radius 1 is 1.67 bits per heavy atom. The summed E-state index contributed by atoms with van der Waals surface area (Å²) in [7, 11) is 0. The van der Waals surface area contributed by atoms with Gasteiger partial charge in [-0.25, -0.2) is 4.98 Å². The van der Waals surface area contributed by atoms with Crippen molar-refractivity contribution in [3.8, 4) is 0 Å². The van der Waals surface area contributed by atoms with Gasteiger partial charge in [-0.1, -0.05) is 0 Å². The molecule has 12 heavy (non-hydrogen) atoms. The quantitative estimate of drug-likeness (QED) is 0.780. The van der Waals surface area contributed by atoms with Crippen LogP contribution in [0.3, 0.4) is 0 Å². The Morgan fingerprint density at radius 3 is 2.83 bits per heavy atom. The Kier molecular flexibility index (Phi) is 5.41. The average molecular weight is 254 g/mol. The number of pyridine rings is 1. The molecule has 1 atom stereocenters. The largest absolute Gasteiger partial charge is 0.394 e. The molecule has 0 saturated heterocycles. The van der Waals surface area contributed by atoms with E-state index >= 15 is 0 Å². The molecule has 3 nitrogen and oxygen atoms in total. The maximum Gasteiger partial charge on any atom is 0.106 e. The van der Waals surface area contributed by atoms with E-state index in [0.29, 0.717) is 0 Å². The molecule has 0 aliphatic heterocycles. The third-order valence-electron chi connectivity index (χ3n) is 1.38. The Morgan fingerprint density at radius 2 is 2.33 bits per heavy atom. The summed E-state index contributed by atoms with van der Waals surface area (Å²) in [5, 5.41) is 8.72. The summed E-state index contributed by atoms with van der Waals surface area (Å²) in [4.78, 5) is 3.94. The van der Waals surface area contributed by atoms with E-state index in [4.69, 9.17) is 10.8 Å². The number of rotatable bonds is 2. The molecule has 0 unspecified atom stereocenters. The van der Waals surface area contributed by atoms with Gasteiger partial charge in [-0.2, -0.15) is 0 Å². The van der Waals surface area contributed by atoms with E-state index < -0.39 is 0 Å². The number of nitrogens with two attached hydrogens (primary N) is 1. The van der Waals surface area contributed by atoms with Crippen molar-refractivity contribution in [2.75, 3.05) is 6.61 Å². The molecule has 0 spiro atoms. The molecule has 0 aromatic carbocycles. The summed E-state index contributed by atoms with van der Waals surface area (Å²) in [5.41, 5.74) is 6.45. The lowest BCUT2D eigenvalue weighted by molar-refractivity contribution is 0.268. The fourth-order valence-electron chi connectivity index (χ4n) is 0.753. The molecular weight excluding hydrogens is 243 g/mol. The lowest BCUT2D eigenvalue weighted by atomic mass is 10.1. The second-order valence-electron chi connectivity index (χ2n) is 2.20. The highest BCUT2D eigenvalue weighted by Gasteiger charge is 2.03. The van der Waals surface area contributed by atoms with Crippen LogP contribution in [0.1, 0.15) is 11.6 Å². The highest BCUT2D eigenvalue weighted by atomic mass is 79.9. The van der Waals surface area contributed by atoms with E-state index in [0.717, 1.165) is 10.2 Å². The SMILES string of the molecule is Cl.N[C@@H](CO)c1ccnc(Br)c1. The van der Waals surface area contributed by atoms with Gasteiger partial charge in [-0.05, 0) is 33.6 Å². The summed E-state index contributed by atoms with van der Waals surface area (Å²) in [5.74, 6) is 0. The summed E-state index contributed by atoms with van der Waals surface area (Å²) < 4.78 is 0.735. The minimum atomic E-state index is -0.311. The van der Waals surface area contributed by atoms with Gasteiger partial charge >= 0.3 is 0 Å². The van der Waals surface area contributed by atoms with Crippen molar-refractivity contribution in [2.24, 2.45) is 5.73 Å². The second kappa shape index (κ2) is 5.48. The molecule has 0 bridgehead atoms. The first-order valence-electron chi connectivity index (χ1n) is 3.22. The second-order valence-corrected chi connectivity index (χ2v) is 3.01. The number of hydrogen-bond acceptors (Lipinski definition) is 3. The van der Waals surface area contributed by atoms with Crippen molar-refractivity contribution >= 4 is 28.3 Å². The van der Waals surface area contributed by atoms with Gasteiger partial charge in [0, 0.05) is 6.20 Å². The highest BCUT2D eigenvalue weighted by molar-refractivity contribution is 9.10. The predicted octanol–water partition coefficient (Wildman–Crippen LogP) is 1.26. The zero-order valence-electron chi connectivity index (χ0n) is 6.27. The van der Waals surface area contributed by atoms with Crippen LogP contribution in [0, 0.1) is 0 Å². The van der Waals surface area contributed by atoms with Crippen molar-refractivity contribution in [1.82, 2.24) is 4.98 Å². The van der Waals surface area contributed by atoms with Gasteiger partial charge in [0.15, 0.2) is 0 Å². The monoisotopic (exact) mass is 252 g/mol. The van der Waals surface area contributed by atoms with Crippen LogP contribution in [0.5, 0.6) is 0 Å². The van der Waals surface area contributed by atoms with E-state index in [1.165, 1.54) is 0 Å². The Labute approximate surface area is 85.5 Å². The molecular formula is C7H10BrClN2O. The Bertz CT molecular complexity index is 247. The predicted molar refractivity (Wildman–Crippen MR) is 53.2 cm³/mol. The third kappa shape index (κ3) is 3.06. The van der Waals surface area contributed by atoms with E-state index in [1.54, 1.807) is 18.3 Å². The fourth-order valence-corrected chi connectivity index (χ4v) is 1.14. The zero-order chi connectivity index (χ0) is 8.27. The molecule has 0 saturated carbocycles. The van der Waals surface area contributed by atoms with Gasteiger partial charge in [0.1, 0.15) is 4.60 Å². The van der Waals surface area contributed by atoms with Gasteiger partial charge in [-0.3, -0.25) is 0 Å². The molecule has 1 heterocycles. The van der Waals surface area contributed by atoms with Crippen LogP contribution in [0.25, 0.3) is 0 Å². The van der Waals surface area contributed by atoms with Crippen LogP contribution in [-0.2, 0) is 0 Å². The number of aliphatic hydroxyl groups is 1. The summed E-state index contributed by atoms with van der Waals surface area (Å²) in [6, 6.07) is 3.27. The normalized spacial score (nSPS) is 11.9. The maximum atomic E-state index is 8.72. The number of aliphatic hydroxyl groups excluding tert-OH is 1. The smallest absolute Gasteiger partial charge is 0.106 e. The van der Waals surface area contributed by atoms with E-state index in [-0.39, 0.29) is 25.1 Å². The van der Waals surface area contributed by atoms with Gasteiger partial charge in [0.25, 0.3) is 0 Å². The van der Waals surface area contributed by atoms with E-state index in [2.05, 4.69) is 20.9 Å². The van der Waals surface area contributed by atoms with E-state index in [1.807, 2.05) is 0 Å². The first kappa shape index (κ1) is 11.8. The molecule has 0 radical (unpaired) electrons. The molecule has 0 amide bonds. The Balaban J connectivity index is 0.00000121. The van der Waals surface area contributed by atoms with Crippen molar-refractivity contribution in [3.63, 3.8) is 0 Å². The molecule has 0 aliphatic carbocycles. The van der Waals surface area contributed by atoms with Crippen molar-refractivity contribution in [2.45, 2.75) is 6.04 Å². The standard InChI is InChI=1S/C7H9BrN2O.ClH/c8-7-3-5(1-2-10-7)6(9)4-11;/h1-3,6,11H,4,9H2;1H/t6-;/m0./s1. The molecule has 68 valence electrons. The Hall–Kier alpha value is -0.160. The van der Waals surface area contributed by atoms with Crippen LogP contribution in [0.15, 0.2) is 22.9 Å². The van der Waals surface area contributed by atoms with Gasteiger partial charge in [0.2, 0.25) is 0 Å². The molecule has 1 rings (SSSR count). The van der Waals surface area contributed by atoms with Crippen molar-refractivity contribution in [1.29, 1.82) is 0 Å². The first-order valence-corrected chi connectivity index (χ1v) is 4.01. The van der Waals surface area contributed by atoms with Crippen molar-refractivity contribution < 1.29 is 5.11 Å². The van der Waals surface area contributed by atoms with Gasteiger partial charge in [0.05, 0.1) is 12.6 Å². The molecule has 1 aromatic heterocycles. The first-order chi connectivity index (χ1) is 5.24. The topological polar surface area (TPSA) is 59.1 Å². The third-order valence-corrected chi connectivity index (χ3v) is 1.81. The minimum Gasteiger partial charge on any atom is -0.394 e. The van der Waals surface area contributed by atoms with Gasteiger partial charge < -0.3 is 10.8 Å². The number of halogens is 2. The van der Waals surface area contributed by atoms with Crippen LogP contribution in [0.4, 0.5) is 0 Å². The van der Waals surface area contributed by atoms with E-state index in [9.17, 15) is 0 Å². The van der Waals surface area contributed by atoms with Crippen LogP contribution in [0.2, 0.25) is 0 Å². The lowest BCUT2D eigenvalue weighted by Crippen LogP contribution is -2.14. The maximum absolute atomic E-state index is 8.72. The summed E-state index contributed by atoms with van der Waals surface area (Å²) >= 11 is 3.21. The molecule has 1 aromatic rings. The molecule has 5 heteroatoms. The molecule has 0 fully saturated rings. The summed E-state index contributed by atoms with van der Waals surface area (Å²) in [6.07, 6.45) is 1.65. The number of hydrogen-bond donors (Lipinski definition) is 2. The fraction of sp³-hybridized carbons (Fsp3) is 0.286. The highest BCUT2D eigenvalue weighted by Crippen LogP contribution is 2.13. The summed E-state index contributed by atoms with van der Waals surface area (Å²) in [6.45, 7) is -0.0452. The van der Waals surface area contributed by atoms with Crippen LogP contribution < -0.4 is 5.73 Å². The number of nitrogens with zero attached hydrogens (tertiary/aromatic N) is 1. The minimum absolute atomic E-state index is 0. The molecule has 3 N–H and O–H groups in total.